The lowest BCUT2D eigenvalue weighted by atomic mass is 10.1. The van der Waals surface area contributed by atoms with Gasteiger partial charge in [0.25, 0.3) is 0 Å². The Labute approximate surface area is 117 Å². The zero-order valence-corrected chi connectivity index (χ0v) is 11.7. The smallest absolute Gasteiger partial charge is 0.317 e. The number of nitrogens with zero attached hydrogens (tertiary/aromatic N) is 1. The van der Waals surface area contributed by atoms with Crippen LogP contribution in [0.25, 0.3) is 11.0 Å². The third-order valence-corrected chi connectivity index (χ3v) is 3.61. The van der Waals surface area contributed by atoms with Crippen LogP contribution in [-0.2, 0) is 6.42 Å². The summed E-state index contributed by atoms with van der Waals surface area (Å²) in [6.45, 7) is 0.352. The molecule has 1 aliphatic rings. The highest BCUT2D eigenvalue weighted by atomic mass is 79.9. The second-order valence-electron chi connectivity index (χ2n) is 4.18. The van der Waals surface area contributed by atoms with Gasteiger partial charge in [0.2, 0.25) is 0 Å². The van der Waals surface area contributed by atoms with E-state index in [1.54, 1.807) is 6.07 Å². The molecule has 5 nitrogen and oxygen atoms in total. The number of hydrogen-bond donors (Lipinski definition) is 2. The van der Waals surface area contributed by atoms with Crippen molar-refractivity contribution in [2.75, 3.05) is 6.54 Å². The monoisotopic (exact) mass is 331 g/mol. The van der Waals surface area contributed by atoms with Crippen LogP contribution in [0.4, 0.5) is 0 Å². The van der Waals surface area contributed by atoms with Crippen molar-refractivity contribution in [1.82, 2.24) is 9.55 Å². The minimum Gasteiger partial charge on any atom is -0.328 e. The summed E-state index contributed by atoms with van der Waals surface area (Å²) in [7, 11) is 0. The van der Waals surface area contributed by atoms with Gasteiger partial charge in [0.15, 0.2) is 0 Å². The number of aromatic nitrogens is 2. The van der Waals surface area contributed by atoms with Crippen LogP contribution in [0.15, 0.2) is 26.2 Å². The summed E-state index contributed by atoms with van der Waals surface area (Å²) in [5, 5.41) is 0. The molecular weight excluding hydrogens is 321 g/mol. The van der Waals surface area contributed by atoms with E-state index in [1.165, 1.54) is 4.57 Å². The van der Waals surface area contributed by atoms with Gasteiger partial charge in [-0.2, -0.15) is 0 Å². The van der Waals surface area contributed by atoms with E-state index in [2.05, 4.69) is 20.9 Å². The standard InChI is InChI=1S/C11H10BrN3O2.ClH/c12-6-1-5-2-7(4-13)15-9(5)8(3-6)14-10(16)11(15)17;/h1,3,7H,2,4,13H2,(H,14,16);1H. The van der Waals surface area contributed by atoms with Gasteiger partial charge in [-0.15, -0.1) is 12.4 Å². The van der Waals surface area contributed by atoms with Gasteiger partial charge in [-0.1, -0.05) is 15.9 Å². The molecule has 1 aromatic carbocycles. The Morgan fingerprint density at radius 2 is 2.17 bits per heavy atom. The van der Waals surface area contributed by atoms with Gasteiger partial charge in [-0.05, 0) is 24.1 Å². The Bertz CT molecular complexity index is 737. The molecule has 7 heteroatoms. The summed E-state index contributed by atoms with van der Waals surface area (Å²) >= 11 is 3.39. The van der Waals surface area contributed by atoms with E-state index in [0.29, 0.717) is 18.5 Å². The van der Waals surface area contributed by atoms with Crippen LogP contribution in [-0.4, -0.2) is 16.1 Å². The fourth-order valence-electron chi connectivity index (χ4n) is 2.46. The fourth-order valence-corrected chi connectivity index (χ4v) is 2.97. The van der Waals surface area contributed by atoms with Gasteiger partial charge in [0, 0.05) is 11.0 Å². The molecule has 1 aromatic heterocycles. The molecule has 0 radical (unpaired) electrons. The molecule has 0 amide bonds. The molecule has 96 valence electrons. The summed E-state index contributed by atoms with van der Waals surface area (Å²) in [5.41, 5.74) is 7.06. The third-order valence-electron chi connectivity index (χ3n) is 3.15. The highest BCUT2D eigenvalue weighted by Gasteiger charge is 2.25. The van der Waals surface area contributed by atoms with Gasteiger partial charge in [-0.25, -0.2) is 0 Å². The molecule has 0 aliphatic carbocycles. The van der Waals surface area contributed by atoms with E-state index < -0.39 is 11.1 Å². The van der Waals surface area contributed by atoms with Crippen molar-refractivity contribution >= 4 is 39.4 Å². The molecule has 0 saturated carbocycles. The average Bonchev–Trinajstić information content (AvgIpc) is 2.64. The maximum atomic E-state index is 11.9. The topological polar surface area (TPSA) is 80.9 Å². The number of aromatic amines is 1. The van der Waals surface area contributed by atoms with E-state index in [1.807, 2.05) is 6.07 Å². The summed E-state index contributed by atoms with van der Waals surface area (Å²) in [4.78, 5) is 26.0. The average molecular weight is 333 g/mol. The summed E-state index contributed by atoms with van der Waals surface area (Å²) in [6.07, 6.45) is 0.693. The first kappa shape index (κ1) is 13.3. The minimum atomic E-state index is -0.595. The number of nitrogens with two attached hydrogens (primary N) is 1. The molecule has 1 aliphatic heterocycles. The van der Waals surface area contributed by atoms with Crippen LogP contribution >= 0.6 is 28.3 Å². The molecule has 3 N–H and O–H groups in total. The van der Waals surface area contributed by atoms with Crippen LogP contribution in [0.3, 0.4) is 0 Å². The molecule has 18 heavy (non-hydrogen) atoms. The van der Waals surface area contributed by atoms with E-state index in [9.17, 15) is 9.59 Å². The maximum Gasteiger partial charge on any atom is 0.317 e. The predicted molar refractivity (Wildman–Crippen MR) is 75.6 cm³/mol. The molecule has 2 aromatic rings. The van der Waals surface area contributed by atoms with E-state index >= 15 is 0 Å². The molecule has 0 saturated heterocycles. The van der Waals surface area contributed by atoms with E-state index in [4.69, 9.17) is 5.73 Å². The predicted octanol–water partition coefficient (Wildman–Crippen LogP) is 0.930. The van der Waals surface area contributed by atoms with Gasteiger partial charge >= 0.3 is 11.1 Å². The van der Waals surface area contributed by atoms with Crippen molar-refractivity contribution < 1.29 is 0 Å². The van der Waals surface area contributed by atoms with Crippen LogP contribution in [0, 0.1) is 0 Å². The highest BCUT2D eigenvalue weighted by molar-refractivity contribution is 9.10. The normalized spacial score (nSPS) is 16.9. The van der Waals surface area contributed by atoms with E-state index in [-0.39, 0.29) is 18.4 Å². The van der Waals surface area contributed by atoms with Crippen LogP contribution < -0.4 is 16.9 Å². The molecule has 1 unspecified atom stereocenters. The van der Waals surface area contributed by atoms with Crippen molar-refractivity contribution in [2.45, 2.75) is 12.5 Å². The Balaban J connectivity index is 0.00000120. The molecular formula is C11H11BrClN3O2. The van der Waals surface area contributed by atoms with Crippen molar-refractivity contribution in [3.63, 3.8) is 0 Å². The lowest BCUT2D eigenvalue weighted by Gasteiger charge is -2.10. The van der Waals surface area contributed by atoms with Crippen LogP contribution in [0.5, 0.6) is 0 Å². The van der Waals surface area contributed by atoms with Crippen molar-refractivity contribution in [2.24, 2.45) is 5.73 Å². The van der Waals surface area contributed by atoms with Gasteiger partial charge in [0.1, 0.15) is 0 Å². The molecule has 0 spiro atoms. The first-order valence-electron chi connectivity index (χ1n) is 5.29. The van der Waals surface area contributed by atoms with Crippen molar-refractivity contribution in [1.29, 1.82) is 0 Å². The Morgan fingerprint density at radius 1 is 1.44 bits per heavy atom. The van der Waals surface area contributed by atoms with Gasteiger partial charge in [-0.3, -0.25) is 14.2 Å². The Kier molecular flexibility index (Phi) is 3.35. The quantitative estimate of drug-likeness (QED) is 0.762. The van der Waals surface area contributed by atoms with Gasteiger partial charge in [0.05, 0.1) is 17.1 Å². The van der Waals surface area contributed by atoms with Crippen LogP contribution in [0.1, 0.15) is 11.6 Å². The van der Waals surface area contributed by atoms with Crippen LogP contribution in [0.2, 0.25) is 0 Å². The zero-order valence-electron chi connectivity index (χ0n) is 9.27. The molecule has 0 bridgehead atoms. The lowest BCUT2D eigenvalue weighted by molar-refractivity contribution is 0.535. The molecule has 1 atom stereocenters. The first-order valence-corrected chi connectivity index (χ1v) is 6.08. The molecule has 3 rings (SSSR count). The Hall–Kier alpha value is -1.11. The zero-order chi connectivity index (χ0) is 12.2. The number of nitrogens with one attached hydrogen (secondary N) is 1. The second-order valence-corrected chi connectivity index (χ2v) is 5.10. The third kappa shape index (κ3) is 1.72. The van der Waals surface area contributed by atoms with Crippen molar-refractivity contribution in [3.05, 3.63) is 42.9 Å². The van der Waals surface area contributed by atoms with Gasteiger partial charge < -0.3 is 10.7 Å². The number of rotatable bonds is 1. The first-order chi connectivity index (χ1) is 8.11. The number of benzene rings is 1. The van der Waals surface area contributed by atoms with Crippen molar-refractivity contribution in [3.8, 4) is 0 Å². The SMILES string of the molecule is Cl.NCC1Cc2cc(Br)cc3[nH]c(=O)c(=O)n1c23. The number of H-pyrrole nitrogens is 1. The summed E-state index contributed by atoms with van der Waals surface area (Å²) < 4.78 is 2.41. The number of hydrogen-bond acceptors (Lipinski definition) is 3. The minimum absolute atomic E-state index is 0. The number of halogens is 2. The second kappa shape index (κ2) is 4.53. The summed E-state index contributed by atoms with van der Waals surface area (Å²) in [6, 6.07) is 3.65. The fraction of sp³-hybridized carbons (Fsp3) is 0.273. The highest BCUT2D eigenvalue weighted by Crippen LogP contribution is 2.31. The summed E-state index contributed by atoms with van der Waals surface area (Å²) in [5.74, 6) is 0. The lowest BCUT2D eigenvalue weighted by Crippen LogP contribution is -2.38. The van der Waals surface area contributed by atoms with E-state index in [0.717, 1.165) is 15.6 Å². The molecule has 2 heterocycles. The molecule has 0 fully saturated rings. The Morgan fingerprint density at radius 3 is 2.83 bits per heavy atom. The maximum absolute atomic E-state index is 11.9. The largest absolute Gasteiger partial charge is 0.328 e.